The molecule has 0 spiro atoms. The van der Waals surface area contributed by atoms with Gasteiger partial charge in [-0.1, -0.05) is 170 Å². The van der Waals surface area contributed by atoms with E-state index >= 15 is 0 Å². The molecule has 0 saturated heterocycles. The van der Waals surface area contributed by atoms with Crippen LogP contribution in [0, 0.1) is 0 Å². The fourth-order valence-corrected chi connectivity index (χ4v) is 7.54. The molecule has 9 aromatic rings. The van der Waals surface area contributed by atoms with E-state index in [0.717, 1.165) is 78.6 Å². The third-order valence-electron chi connectivity index (χ3n) is 10.1. The molecule has 0 saturated carbocycles. The third-order valence-corrected chi connectivity index (χ3v) is 10.1. The molecule has 0 unspecified atom stereocenters. The van der Waals surface area contributed by atoms with E-state index in [1.165, 1.54) is 0 Å². The lowest BCUT2D eigenvalue weighted by molar-refractivity contribution is 0.477. The van der Waals surface area contributed by atoms with Crippen molar-refractivity contribution < 1.29 is 4.74 Å². The van der Waals surface area contributed by atoms with Crippen molar-refractivity contribution in [2.45, 2.75) is 0 Å². The quantitative estimate of drug-likeness (QED) is 0.164. The van der Waals surface area contributed by atoms with E-state index in [0.29, 0.717) is 17.5 Å². The zero-order chi connectivity index (χ0) is 37.3. The highest BCUT2D eigenvalue weighted by Gasteiger charge is 2.29. The Morgan fingerprint density at radius 2 is 0.732 bits per heavy atom. The minimum atomic E-state index is 0.564. The fraction of sp³-hybridized carbons (Fsp3) is 0. The summed E-state index contributed by atoms with van der Waals surface area (Å²) in [5.74, 6) is 3.31. The molecular formula is C51H34N4O. The molecule has 5 nitrogen and oxygen atoms in total. The molecule has 10 rings (SSSR count). The van der Waals surface area contributed by atoms with Crippen LogP contribution >= 0.6 is 0 Å². The first-order valence-electron chi connectivity index (χ1n) is 18.7. The summed E-state index contributed by atoms with van der Waals surface area (Å²) in [6.45, 7) is 0. The van der Waals surface area contributed by atoms with Crippen LogP contribution in [0.1, 0.15) is 0 Å². The predicted octanol–water partition coefficient (Wildman–Crippen LogP) is 13.4. The zero-order valence-corrected chi connectivity index (χ0v) is 30.3. The van der Waals surface area contributed by atoms with Crippen LogP contribution in [0.3, 0.4) is 0 Å². The SMILES string of the molecule is c1ccc(-c2nc(-c3ccccc3)nc(-c3cc(-c4c(-c5ccccc5)cccc4-c4ccccc4)ccc3N3c4ccccc4Oc4ccccc43)n2)cc1. The monoisotopic (exact) mass is 718 g/mol. The maximum atomic E-state index is 6.47. The van der Waals surface area contributed by atoms with Gasteiger partial charge in [-0.25, -0.2) is 15.0 Å². The Labute approximate surface area is 325 Å². The van der Waals surface area contributed by atoms with Gasteiger partial charge < -0.3 is 9.64 Å². The van der Waals surface area contributed by atoms with E-state index in [9.17, 15) is 0 Å². The van der Waals surface area contributed by atoms with E-state index in [2.05, 4.69) is 114 Å². The Morgan fingerprint density at radius 1 is 0.304 bits per heavy atom. The number of rotatable bonds is 7. The Bertz CT molecular complexity index is 2670. The van der Waals surface area contributed by atoms with Gasteiger partial charge in [-0.2, -0.15) is 0 Å². The lowest BCUT2D eigenvalue weighted by Crippen LogP contribution is -2.17. The van der Waals surface area contributed by atoms with E-state index in [1.54, 1.807) is 0 Å². The Balaban J connectivity index is 1.29. The minimum absolute atomic E-state index is 0.564. The largest absolute Gasteiger partial charge is 0.453 e. The maximum Gasteiger partial charge on any atom is 0.166 e. The van der Waals surface area contributed by atoms with Crippen molar-refractivity contribution in [1.29, 1.82) is 0 Å². The molecule has 0 fully saturated rings. The summed E-state index contributed by atoms with van der Waals surface area (Å²) in [4.78, 5) is 17.9. The van der Waals surface area contributed by atoms with Crippen molar-refractivity contribution >= 4 is 17.1 Å². The number of anilines is 3. The van der Waals surface area contributed by atoms with Gasteiger partial charge in [0.1, 0.15) is 0 Å². The molecule has 0 atom stereocenters. The molecular weight excluding hydrogens is 685 g/mol. The van der Waals surface area contributed by atoms with E-state index in [-0.39, 0.29) is 0 Å². The first-order chi connectivity index (χ1) is 27.8. The van der Waals surface area contributed by atoms with Gasteiger partial charge in [-0.15, -0.1) is 0 Å². The smallest absolute Gasteiger partial charge is 0.166 e. The summed E-state index contributed by atoms with van der Waals surface area (Å²) >= 11 is 0. The molecule has 1 aromatic heterocycles. The number of benzene rings is 8. The minimum Gasteiger partial charge on any atom is -0.453 e. The Hall–Kier alpha value is -7.63. The molecule has 1 aliphatic heterocycles. The first kappa shape index (κ1) is 33.0. The molecule has 0 aliphatic carbocycles. The molecule has 56 heavy (non-hydrogen) atoms. The van der Waals surface area contributed by atoms with Crippen molar-refractivity contribution in [2.24, 2.45) is 0 Å². The summed E-state index contributed by atoms with van der Waals surface area (Å²) < 4.78 is 6.47. The van der Waals surface area contributed by atoms with Crippen molar-refractivity contribution in [3.8, 4) is 79.0 Å². The van der Waals surface area contributed by atoms with Crippen LogP contribution in [0.2, 0.25) is 0 Å². The van der Waals surface area contributed by atoms with Crippen molar-refractivity contribution in [2.75, 3.05) is 4.90 Å². The molecule has 0 amide bonds. The van der Waals surface area contributed by atoms with Gasteiger partial charge in [0, 0.05) is 16.7 Å². The summed E-state index contributed by atoms with van der Waals surface area (Å²) in [7, 11) is 0. The number of ether oxygens (including phenoxy) is 1. The van der Waals surface area contributed by atoms with E-state index in [1.807, 2.05) is 97.1 Å². The van der Waals surface area contributed by atoms with Crippen molar-refractivity contribution in [3.63, 3.8) is 0 Å². The number of aromatic nitrogens is 3. The van der Waals surface area contributed by atoms with Crippen molar-refractivity contribution in [3.05, 3.63) is 206 Å². The predicted molar refractivity (Wildman–Crippen MR) is 227 cm³/mol. The normalized spacial score (nSPS) is 11.7. The topological polar surface area (TPSA) is 51.1 Å². The van der Waals surface area contributed by atoms with Crippen LogP contribution in [-0.2, 0) is 0 Å². The number of hydrogen-bond donors (Lipinski definition) is 0. The van der Waals surface area contributed by atoms with E-state index < -0.39 is 0 Å². The molecule has 264 valence electrons. The summed E-state index contributed by atoms with van der Waals surface area (Å²) in [6.07, 6.45) is 0. The average Bonchev–Trinajstić information content (AvgIpc) is 3.29. The standard InChI is InChI=1S/C51H34N4O/c1-5-18-35(19-6-1)40-26-17-27-41(36-20-7-2-8-21-36)48(40)39-32-33-43(55-44-28-13-15-30-46(44)56-47-31-16-14-29-45(47)55)42(34-39)51-53-49(37-22-9-3-10-23-37)52-50(54-51)38-24-11-4-12-25-38/h1-34H. The van der Waals surface area contributed by atoms with Gasteiger partial charge in [0.25, 0.3) is 0 Å². The highest BCUT2D eigenvalue weighted by Crippen LogP contribution is 2.53. The molecule has 2 heterocycles. The first-order valence-corrected chi connectivity index (χ1v) is 18.7. The molecule has 0 radical (unpaired) electrons. The second-order valence-electron chi connectivity index (χ2n) is 13.6. The maximum absolute atomic E-state index is 6.47. The number of fused-ring (bicyclic) bond motifs is 2. The van der Waals surface area contributed by atoms with Gasteiger partial charge in [-0.05, 0) is 69.8 Å². The third kappa shape index (κ3) is 6.07. The van der Waals surface area contributed by atoms with Gasteiger partial charge in [0.15, 0.2) is 29.0 Å². The van der Waals surface area contributed by atoms with Crippen LogP contribution in [0.4, 0.5) is 17.1 Å². The summed E-state index contributed by atoms with van der Waals surface area (Å²) in [5.41, 5.74) is 12.2. The highest BCUT2D eigenvalue weighted by molar-refractivity contribution is 5.99. The van der Waals surface area contributed by atoms with Crippen LogP contribution < -0.4 is 9.64 Å². The lowest BCUT2D eigenvalue weighted by atomic mass is 9.86. The Kier molecular flexibility index (Phi) is 8.43. The van der Waals surface area contributed by atoms with Crippen LogP contribution in [-0.4, -0.2) is 15.0 Å². The molecule has 1 aliphatic rings. The van der Waals surface area contributed by atoms with Gasteiger partial charge >= 0.3 is 0 Å². The van der Waals surface area contributed by atoms with Crippen molar-refractivity contribution in [1.82, 2.24) is 15.0 Å². The number of para-hydroxylation sites is 4. The summed E-state index contributed by atoms with van der Waals surface area (Å²) in [6, 6.07) is 71.0. The molecule has 0 N–H and O–H groups in total. The van der Waals surface area contributed by atoms with Crippen LogP contribution in [0.15, 0.2) is 206 Å². The number of hydrogen-bond acceptors (Lipinski definition) is 5. The van der Waals surface area contributed by atoms with Crippen LogP contribution in [0.5, 0.6) is 11.5 Å². The fourth-order valence-electron chi connectivity index (χ4n) is 7.54. The van der Waals surface area contributed by atoms with Gasteiger partial charge in [0.2, 0.25) is 0 Å². The van der Waals surface area contributed by atoms with Crippen LogP contribution in [0.25, 0.3) is 67.5 Å². The van der Waals surface area contributed by atoms with Gasteiger partial charge in [-0.3, -0.25) is 0 Å². The average molecular weight is 719 g/mol. The molecule has 5 heteroatoms. The van der Waals surface area contributed by atoms with E-state index in [4.69, 9.17) is 19.7 Å². The Morgan fingerprint density at radius 3 is 1.23 bits per heavy atom. The van der Waals surface area contributed by atoms with Gasteiger partial charge in [0.05, 0.1) is 17.1 Å². The molecule has 8 aromatic carbocycles. The lowest BCUT2D eigenvalue weighted by Gasteiger charge is -2.34. The zero-order valence-electron chi connectivity index (χ0n) is 30.3. The summed E-state index contributed by atoms with van der Waals surface area (Å²) in [5, 5.41) is 0. The molecule has 0 bridgehead atoms. The second kappa shape index (κ2) is 14.3. The highest BCUT2D eigenvalue weighted by atomic mass is 16.5. The number of nitrogens with zero attached hydrogens (tertiary/aromatic N) is 4. The second-order valence-corrected chi connectivity index (χ2v) is 13.6.